The Hall–Kier alpha value is -2.33. The number of rotatable bonds is 3. The van der Waals surface area contributed by atoms with Crippen LogP contribution >= 0.6 is 11.6 Å². The third-order valence-electron chi connectivity index (χ3n) is 3.44. The molecule has 2 N–H and O–H groups in total. The van der Waals surface area contributed by atoms with Crippen LogP contribution in [-0.2, 0) is 6.54 Å². The van der Waals surface area contributed by atoms with Gasteiger partial charge in [-0.3, -0.25) is 4.79 Å². The number of aromatic amines is 1. The van der Waals surface area contributed by atoms with Gasteiger partial charge in [-0.1, -0.05) is 11.6 Å². The number of anilines is 1. The maximum atomic E-state index is 12.1. The number of benzene rings is 1. The molecule has 0 aliphatic heterocycles. The zero-order valence-electron chi connectivity index (χ0n) is 12.4. The molecule has 22 heavy (non-hydrogen) atoms. The van der Waals surface area contributed by atoms with Gasteiger partial charge in [0.15, 0.2) is 0 Å². The minimum absolute atomic E-state index is 0.105. The number of hydrogen-bond acceptors (Lipinski definition) is 3. The highest BCUT2D eigenvalue weighted by Gasteiger charge is 2.05. The second-order valence-corrected chi connectivity index (χ2v) is 5.82. The van der Waals surface area contributed by atoms with E-state index in [1.807, 2.05) is 44.2 Å². The quantitative estimate of drug-likeness (QED) is 0.773. The van der Waals surface area contributed by atoms with Gasteiger partial charge in [0, 0.05) is 33.7 Å². The highest BCUT2D eigenvalue weighted by Crippen LogP contribution is 2.17. The van der Waals surface area contributed by atoms with Gasteiger partial charge in [-0.05, 0) is 55.8 Å². The van der Waals surface area contributed by atoms with Crippen LogP contribution in [0, 0.1) is 13.8 Å². The monoisotopic (exact) mass is 313 g/mol. The largest absolute Gasteiger partial charge is 0.366 e. The van der Waals surface area contributed by atoms with Crippen LogP contribution in [0.5, 0.6) is 0 Å². The summed E-state index contributed by atoms with van der Waals surface area (Å²) in [6.07, 6.45) is 0. The van der Waals surface area contributed by atoms with Crippen LogP contribution in [0.25, 0.3) is 10.9 Å². The Morgan fingerprint density at radius 3 is 2.77 bits per heavy atom. The highest BCUT2D eigenvalue weighted by atomic mass is 35.5. The molecule has 112 valence electrons. The lowest BCUT2D eigenvalue weighted by Crippen LogP contribution is -2.16. The molecule has 2 aromatic heterocycles. The smallest absolute Gasteiger partial charge is 0.253 e. The van der Waals surface area contributed by atoms with Gasteiger partial charge in [-0.15, -0.1) is 0 Å². The summed E-state index contributed by atoms with van der Waals surface area (Å²) >= 11 is 6.00. The first-order chi connectivity index (χ1) is 10.5. The Bertz CT molecular complexity index is 882. The van der Waals surface area contributed by atoms with Gasteiger partial charge in [-0.2, -0.15) is 0 Å². The predicted molar refractivity (Wildman–Crippen MR) is 90.6 cm³/mol. The molecular formula is C17H16ClN3O. The van der Waals surface area contributed by atoms with E-state index in [9.17, 15) is 4.79 Å². The average molecular weight is 314 g/mol. The van der Waals surface area contributed by atoms with Crippen LogP contribution in [0.15, 0.2) is 41.2 Å². The fourth-order valence-corrected chi connectivity index (χ4v) is 2.65. The molecular weight excluding hydrogens is 298 g/mol. The molecule has 3 rings (SSSR count). The van der Waals surface area contributed by atoms with Crippen LogP contribution in [0.1, 0.15) is 16.8 Å². The van der Waals surface area contributed by atoms with Crippen molar-refractivity contribution in [3.8, 4) is 0 Å². The zero-order valence-corrected chi connectivity index (χ0v) is 13.2. The number of H-pyrrole nitrogens is 1. The van der Waals surface area contributed by atoms with Gasteiger partial charge in [-0.25, -0.2) is 4.98 Å². The summed E-state index contributed by atoms with van der Waals surface area (Å²) in [4.78, 5) is 19.4. The molecule has 0 spiro atoms. The minimum atomic E-state index is -0.105. The molecule has 0 saturated heterocycles. The van der Waals surface area contributed by atoms with Gasteiger partial charge in [0.25, 0.3) is 5.56 Å². The van der Waals surface area contributed by atoms with Crippen molar-refractivity contribution in [3.63, 3.8) is 0 Å². The number of nitrogens with zero attached hydrogens (tertiary/aromatic N) is 1. The highest BCUT2D eigenvalue weighted by molar-refractivity contribution is 6.31. The summed E-state index contributed by atoms with van der Waals surface area (Å²) < 4.78 is 0. The van der Waals surface area contributed by atoms with Gasteiger partial charge in [0.05, 0.1) is 0 Å². The van der Waals surface area contributed by atoms with Crippen molar-refractivity contribution in [2.45, 2.75) is 20.4 Å². The topological polar surface area (TPSA) is 57.8 Å². The third-order valence-corrected chi connectivity index (χ3v) is 3.68. The van der Waals surface area contributed by atoms with Gasteiger partial charge >= 0.3 is 0 Å². The number of hydrogen-bond donors (Lipinski definition) is 2. The lowest BCUT2D eigenvalue weighted by molar-refractivity contribution is 1.05. The molecule has 0 fully saturated rings. The van der Waals surface area contributed by atoms with E-state index < -0.39 is 0 Å². The maximum absolute atomic E-state index is 12.1. The molecule has 5 heteroatoms. The first kappa shape index (κ1) is 14.6. The third kappa shape index (κ3) is 3.12. The van der Waals surface area contributed by atoms with Crippen molar-refractivity contribution < 1.29 is 0 Å². The molecule has 3 aromatic rings. The summed E-state index contributed by atoms with van der Waals surface area (Å²) in [7, 11) is 0. The molecule has 0 atom stereocenters. The predicted octanol–water partition coefficient (Wildman–Crippen LogP) is 3.81. The van der Waals surface area contributed by atoms with Crippen molar-refractivity contribution >= 4 is 28.3 Å². The van der Waals surface area contributed by atoms with Crippen molar-refractivity contribution in [1.29, 1.82) is 0 Å². The van der Waals surface area contributed by atoms with E-state index >= 15 is 0 Å². The van der Waals surface area contributed by atoms with Crippen molar-refractivity contribution in [3.05, 3.63) is 68.6 Å². The summed E-state index contributed by atoms with van der Waals surface area (Å²) in [5.41, 5.74) is 3.40. The van der Waals surface area contributed by atoms with Crippen molar-refractivity contribution in [1.82, 2.24) is 9.97 Å². The van der Waals surface area contributed by atoms with Crippen LogP contribution in [-0.4, -0.2) is 9.97 Å². The van der Waals surface area contributed by atoms with Crippen LogP contribution < -0.4 is 10.9 Å². The minimum Gasteiger partial charge on any atom is -0.366 e. The van der Waals surface area contributed by atoms with E-state index in [-0.39, 0.29) is 5.56 Å². The maximum Gasteiger partial charge on any atom is 0.253 e. The van der Waals surface area contributed by atoms with Crippen molar-refractivity contribution in [2.24, 2.45) is 0 Å². The van der Waals surface area contributed by atoms with Crippen LogP contribution in [0.2, 0.25) is 5.02 Å². The standard InChI is InChI=1S/C17H16ClN3O/c1-10-5-11(2)20-16(6-10)19-9-13-7-12-8-14(18)3-4-15(12)21-17(13)22/h3-8H,9H2,1-2H3,(H,19,20)(H,21,22). The number of aromatic nitrogens is 2. The fourth-order valence-electron chi connectivity index (χ4n) is 2.47. The number of fused-ring (bicyclic) bond motifs is 1. The fraction of sp³-hybridized carbons (Fsp3) is 0.176. The molecule has 0 saturated carbocycles. The van der Waals surface area contributed by atoms with E-state index in [1.165, 1.54) is 0 Å². The molecule has 0 radical (unpaired) electrons. The van der Waals surface area contributed by atoms with Crippen molar-refractivity contribution in [2.75, 3.05) is 5.32 Å². The summed E-state index contributed by atoms with van der Waals surface area (Å²) in [5, 5.41) is 4.76. The first-order valence-corrected chi connectivity index (χ1v) is 7.40. The zero-order chi connectivity index (χ0) is 15.7. The van der Waals surface area contributed by atoms with Gasteiger partial charge in [0.2, 0.25) is 0 Å². The van der Waals surface area contributed by atoms with E-state index in [0.29, 0.717) is 17.1 Å². The molecule has 0 aliphatic carbocycles. The summed E-state index contributed by atoms with van der Waals surface area (Å²) in [5.74, 6) is 0.767. The number of aryl methyl sites for hydroxylation is 2. The second-order valence-electron chi connectivity index (χ2n) is 5.38. The second kappa shape index (κ2) is 5.81. The lowest BCUT2D eigenvalue weighted by atomic mass is 10.1. The SMILES string of the molecule is Cc1cc(C)nc(NCc2cc3cc(Cl)ccc3[nH]c2=O)c1. The van der Waals surface area contributed by atoms with Gasteiger partial charge in [0.1, 0.15) is 5.82 Å². The van der Waals surface area contributed by atoms with E-state index in [4.69, 9.17) is 11.6 Å². The molecule has 0 amide bonds. The number of pyridine rings is 2. The molecule has 4 nitrogen and oxygen atoms in total. The molecule has 2 heterocycles. The first-order valence-electron chi connectivity index (χ1n) is 7.02. The molecule has 0 aliphatic rings. The Morgan fingerprint density at radius 2 is 2.00 bits per heavy atom. The van der Waals surface area contributed by atoms with Gasteiger partial charge < -0.3 is 10.3 Å². The molecule has 0 bridgehead atoms. The van der Waals surface area contributed by atoms with E-state index in [0.717, 1.165) is 28.0 Å². The summed E-state index contributed by atoms with van der Waals surface area (Å²) in [6, 6.07) is 11.2. The Morgan fingerprint density at radius 1 is 1.18 bits per heavy atom. The van der Waals surface area contributed by atoms with Crippen LogP contribution in [0.3, 0.4) is 0 Å². The van der Waals surface area contributed by atoms with E-state index in [2.05, 4.69) is 15.3 Å². The number of nitrogens with one attached hydrogen (secondary N) is 2. The Balaban J connectivity index is 1.90. The molecule has 1 aromatic carbocycles. The lowest BCUT2D eigenvalue weighted by Gasteiger charge is -2.08. The van der Waals surface area contributed by atoms with Crippen LogP contribution in [0.4, 0.5) is 5.82 Å². The Kier molecular flexibility index (Phi) is 3.86. The molecule has 0 unspecified atom stereocenters. The van der Waals surface area contributed by atoms with E-state index in [1.54, 1.807) is 6.07 Å². The Labute approximate surface area is 133 Å². The summed E-state index contributed by atoms with van der Waals surface area (Å²) in [6.45, 7) is 4.38. The normalized spacial score (nSPS) is 10.9. The number of halogens is 1. The average Bonchev–Trinajstić information content (AvgIpc) is 2.44.